The molecule has 2 fully saturated rings. The number of hydrogen-bond donors (Lipinski definition) is 2. The van der Waals surface area contributed by atoms with Crippen LogP contribution in [-0.2, 0) is 0 Å². The molecular formula is C19H23N5O. The average molecular weight is 337 g/mol. The predicted octanol–water partition coefficient (Wildman–Crippen LogP) is 2.29. The van der Waals surface area contributed by atoms with Gasteiger partial charge in [0.2, 0.25) is 0 Å². The van der Waals surface area contributed by atoms with Crippen molar-refractivity contribution in [2.75, 3.05) is 18.4 Å². The lowest BCUT2D eigenvalue weighted by atomic mass is 9.90. The van der Waals surface area contributed by atoms with Crippen LogP contribution < -0.4 is 5.32 Å². The molecule has 6 nitrogen and oxygen atoms in total. The number of anilines is 1. The van der Waals surface area contributed by atoms with Crippen molar-refractivity contribution in [2.45, 2.75) is 50.3 Å². The topological polar surface area (TPSA) is 85.1 Å². The third-order valence-corrected chi connectivity index (χ3v) is 5.51. The summed E-state index contributed by atoms with van der Waals surface area (Å²) < 4.78 is 0. The summed E-state index contributed by atoms with van der Waals surface area (Å²) in [6, 6.07) is 8.69. The van der Waals surface area contributed by atoms with Gasteiger partial charge in [0.05, 0.1) is 23.3 Å². The average Bonchev–Trinajstić information content (AvgIpc) is 3.09. The molecular weight excluding hydrogens is 314 g/mol. The number of rotatable bonds is 3. The van der Waals surface area contributed by atoms with E-state index in [0.29, 0.717) is 17.6 Å². The van der Waals surface area contributed by atoms with E-state index in [1.165, 1.54) is 0 Å². The van der Waals surface area contributed by atoms with Gasteiger partial charge in [0.15, 0.2) is 0 Å². The lowest BCUT2D eigenvalue weighted by Crippen LogP contribution is -2.39. The van der Waals surface area contributed by atoms with E-state index in [-0.39, 0.29) is 6.10 Å². The van der Waals surface area contributed by atoms with Crippen LogP contribution in [0.25, 0.3) is 10.9 Å². The zero-order valence-corrected chi connectivity index (χ0v) is 14.2. The predicted molar refractivity (Wildman–Crippen MR) is 96.1 cm³/mol. The van der Waals surface area contributed by atoms with E-state index >= 15 is 0 Å². The first kappa shape index (κ1) is 16.2. The van der Waals surface area contributed by atoms with Crippen molar-refractivity contribution < 1.29 is 5.11 Å². The second-order valence-corrected chi connectivity index (χ2v) is 7.15. The Kier molecular flexibility index (Phi) is 4.51. The third kappa shape index (κ3) is 3.44. The molecule has 0 amide bonds. The molecule has 130 valence electrons. The first-order valence-electron chi connectivity index (χ1n) is 9.06. The number of hydrogen-bond acceptors (Lipinski definition) is 6. The number of nitrogens with zero attached hydrogens (tertiary/aromatic N) is 4. The molecule has 2 aromatic rings. The Labute approximate surface area is 147 Å². The summed E-state index contributed by atoms with van der Waals surface area (Å²) in [5.41, 5.74) is 1.48. The van der Waals surface area contributed by atoms with Gasteiger partial charge in [-0.3, -0.25) is 4.90 Å². The molecule has 4 rings (SSSR count). The molecule has 25 heavy (non-hydrogen) atoms. The number of nitriles is 1. The van der Waals surface area contributed by atoms with Gasteiger partial charge in [0.1, 0.15) is 12.1 Å². The van der Waals surface area contributed by atoms with Crippen LogP contribution in [0.3, 0.4) is 0 Å². The van der Waals surface area contributed by atoms with Crippen LogP contribution in [0.4, 0.5) is 5.82 Å². The van der Waals surface area contributed by atoms with Crippen molar-refractivity contribution >= 4 is 16.7 Å². The van der Waals surface area contributed by atoms with Gasteiger partial charge in [-0.1, -0.05) is 0 Å². The molecule has 2 heterocycles. The standard InChI is InChI=1S/C19H23N5O/c20-10-13-1-6-18-17(9-13)19(22-12-21-18)23-14-2-4-15(5-3-14)24-8-7-16(25)11-24/h1,6,9,12,14-16,25H,2-5,7-8,11H2,(H,21,22,23)/t14-,15-,16-/m0/s1. The summed E-state index contributed by atoms with van der Waals surface area (Å²) in [6.45, 7) is 1.85. The smallest absolute Gasteiger partial charge is 0.137 e. The van der Waals surface area contributed by atoms with Crippen molar-refractivity contribution in [3.05, 3.63) is 30.1 Å². The van der Waals surface area contributed by atoms with Crippen molar-refractivity contribution in [3.63, 3.8) is 0 Å². The van der Waals surface area contributed by atoms with E-state index in [1.54, 1.807) is 12.4 Å². The van der Waals surface area contributed by atoms with E-state index in [0.717, 1.165) is 61.9 Å². The molecule has 0 bridgehead atoms. The van der Waals surface area contributed by atoms with Crippen molar-refractivity contribution in [3.8, 4) is 6.07 Å². The lowest BCUT2D eigenvalue weighted by molar-refractivity contribution is 0.140. The number of nitrogens with one attached hydrogen (secondary N) is 1. The molecule has 1 saturated carbocycles. The Hall–Kier alpha value is -2.23. The highest BCUT2D eigenvalue weighted by molar-refractivity contribution is 5.89. The van der Waals surface area contributed by atoms with Crippen molar-refractivity contribution in [1.82, 2.24) is 14.9 Å². The first-order valence-corrected chi connectivity index (χ1v) is 9.06. The first-order chi connectivity index (χ1) is 12.2. The van der Waals surface area contributed by atoms with Crippen LogP contribution in [-0.4, -0.2) is 51.3 Å². The SMILES string of the molecule is N#Cc1ccc2ncnc(N[C@H]3CC[C@H](N4CC[C@H](O)C4)CC3)c2c1. The Morgan fingerprint density at radius 1 is 1.16 bits per heavy atom. The molecule has 2 N–H and O–H groups in total. The number of benzene rings is 1. The molecule has 2 aliphatic rings. The lowest BCUT2D eigenvalue weighted by Gasteiger charge is -2.35. The van der Waals surface area contributed by atoms with Crippen LogP contribution in [0, 0.1) is 11.3 Å². The van der Waals surface area contributed by atoms with Gasteiger partial charge in [-0.15, -0.1) is 0 Å². The van der Waals surface area contributed by atoms with E-state index in [1.807, 2.05) is 12.1 Å². The van der Waals surface area contributed by atoms with Gasteiger partial charge >= 0.3 is 0 Å². The molecule has 1 aromatic carbocycles. The number of aromatic nitrogens is 2. The van der Waals surface area contributed by atoms with Crippen LogP contribution >= 0.6 is 0 Å². The Morgan fingerprint density at radius 2 is 2.00 bits per heavy atom. The maximum Gasteiger partial charge on any atom is 0.137 e. The second kappa shape index (κ2) is 6.95. The van der Waals surface area contributed by atoms with E-state index in [9.17, 15) is 5.11 Å². The van der Waals surface area contributed by atoms with E-state index in [2.05, 4.69) is 26.3 Å². The zero-order chi connectivity index (χ0) is 17.2. The number of likely N-dealkylation sites (tertiary alicyclic amines) is 1. The molecule has 0 radical (unpaired) electrons. The van der Waals surface area contributed by atoms with Crippen LogP contribution in [0.1, 0.15) is 37.7 Å². The summed E-state index contributed by atoms with van der Waals surface area (Å²) in [7, 11) is 0. The summed E-state index contributed by atoms with van der Waals surface area (Å²) in [5.74, 6) is 0.821. The molecule has 1 aliphatic heterocycles. The minimum atomic E-state index is -0.141. The molecule has 0 spiro atoms. The van der Waals surface area contributed by atoms with Gasteiger partial charge < -0.3 is 10.4 Å². The number of aliphatic hydroxyl groups excluding tert-OH is 1. The normalized spacial score (nSPS) is 27.3. The van der Waals surface area contributed by atoms with Gasteiger partial charge in [0.25, 0.3) is 0 Å². The molecule has 0 unspecified atom stereocenters. The summed E-state index contributed by atoms with van der Waals surface area (Å²) in [6.07, 6.45) is 6.84. The summed E-state index contributed by atoms with van der Waals surface area (Å²) in [4.78, 5) is 11.1. The fraction of sp³-hybridized carbons (Fsp3) is 0.526. The summed E-state index contributed by atoms with van der Waals surface area (Å²) >= 11 is 0. The minimum absolute atomic E-state index is 0.141. The summed E-state index contributed by atoms with van der Waals surface area (Å²) in [5, 5.41) is 23.3. The maximum absolute atomic E-state index is 9.73. The third-order valence-electron chi connectivity index (χ3n) is 5.51. The highest BCUT2D eigenvalue weighted by Crippen LogP contribution is 2.29. The highest BCUT2D eigenvalue weighted by Gasteiger charge is 2.30. The fourth-order valence-electron chi connectivity index (χ4n) is 4.12. The molecule has 6 heteroatoms. The fourth-order valence-corrected chi connectivity index (χ4v) is 4.12. The Morgan fingerprint density at radius 3 is 2.72 bits per heavy atom. The van der Waals surface area contributed by atoms with Gasteiger partial charge in [-0.25, -0.2) is 9.97 Å². The quantitative estimate of drug-likeness (QED) is 0.894. The maximum atomic E-state index is 9.73. The molecule has 1 atom stereocenters. The van der Waals surface area contributed by atoms with Crippen molar-refractivity contribution in [2.24, 2.45) is 0 Å². The number of aliphatic hydroxyl groups is 1. The highest BCUT2D eigenvalue weighted by atomic mass is 16.3. The molecule has 1 aromatic heterocycles. The van der Waals surface area contributed by atoms with Crippen LogP contribution in [0.15, 0.2) is 24.5 Å². The van der Waals surface area contributed by atoms with Crippen molar-refractivity contribution in [1.29, 1.82) is 5.26 Å². The Balaban J connectivity index is 1.43. The largest absolute Gasteiger partial charge is 0.392 e. The molecule has 1 aliphatic carbocycles. The Bertz CT molecular complexity index is 794. The monoisotopic (exact) mass is 337 g/mol. The number of fused-ring (bicyclic) bond motifs is 1. The van der Waals surface area contributed by atoms with Crippen LogP contribution in [0.5, 0.6) is 0 Å². The zero-order valence-electron chi connectivity index (χ0n) is 14.2. The van der Waals surface area contributed by atoms with Gasteiger partial charge in [-0.05, 0) is 50.3 Å². The van der Waals surface area contributed by atoms with Gasteiger partial charge in [0, 0.05) is 30.6 Å². The minimum Gasteiger partial charge on any atom is -0.392 e. The second-order valence-electron chi connectivity index (χ2n) is 7.15. The van der Waals surface area contributed by atoms with Gasteiger partial charge in [-0.2, -0.15) is 5.26 Å². The molecule has 1 saturated heterocycles. The van der Waals surface area contributed by atoms with E-state index in [4.69, 9.17) is 5.26 Å². The van der Waals surface area contributed by atoms with E-state index < -0.39 is 0 Å². The van der Waals surface area contributed by atoms with Crippen LogP contribution in [0.2, 0.25) is 0 Å². The number of β-amino-alcohol motifs (C(OH)–C–C–N with tert-alkyl or cyclic N) is 1.